The van der Waals surface area contributed by atoms with Crippen molar-refractivity contribution in [1.82, 2.24) is 0 Å². The van der Waals surface area contributed by atoms with Gasteiger partial charge in [0.25, 0.3) is 5.91 Å². The van der Waals surface area contributed by atoms with Crippen LogP contribution < -0.4 is 15.2 Å². The molecule has 0 bridgehead atoms. The second-order valence-corrected chi connectivity index (χ2v) is 2.76. The Labute approximate surface area is 87.0 Å². The second kappa shape index (κ2) is 4.86. The van der Waals surface area contributed by atoms with Crippen molar-refractivity contribution < 1.29 is 14.3 Å². The zero-order chi connectivity index (χ0) is 11.3. The number of benzene rings is 1. The second-order valence-electron chi connectivity index (χ2n) is 2.76. The molecule has 1 aromatic carbocycles. The van der Waals surface area contributed by atoms with Crippen molar-refractivity contribution in [2.24, 2.45) is 5.73 Å². The summed E-state index contributed by atoms with van der Waals surface area (Å²) in [5.74, 6) is 0.301. The first-order chi connectivity index (χ1) is 7.15. The van der Waals surface area contributed by atoms with Gasteiger partial charge in [0.1, 0.15) is 11.5 Å². The first kappa shape index (κ1) is 10.9. The summed E-state index contributed by atoms with van der Waals surface area (Å²) >= 11 is 0. The Morgan fingerprint density at radius 2 is 2.13 bits per heavy atom. The lowest BCUT2D eigenvalue weighted by molar-refractivity contribution is -0.119. The van der Waals surface area contributed by atoms with Crippen LogP contribution in [0.4, 0.5) is 0 Å². The summed E-state index contributed by atoms with van der Waals surface area (Å²) in [6.45, 7) is -0.224. The fraction of sp³-hybridized carbons (Fsp3) is 0.200. The van der Waals surface area contributed by atoms with Crippen LogP contribution in [0.5, 0.6) is 11.5 Å². The molecule has 0 heterocycles. The summed E-state index contributed by atoms with van der Waals surface area (Å²) in [4.78, 5) is 10.5. The van der Waals surface area contributed by atoms with Gasteiger partial charge in [-0.2, -0.15) is 5.26 Å². The van der Waals surface area contributed by atoms with Crippen molar-refractivity contribution in [1.29, 1.82) is 5.26 Å². The maximum Gasteiger partial charge on any atom is 0.255 e. The van der Waals surface area contributed by atoms with Gasteiger partial charge in [0.15, 0.2) is 6.61 Å². The van der Waals surface area contributed by atoms with Crippen LogP contribution in [0.25, 0.3) is 0 Å². The molecule has 15 heavy (non-hydrogen) atoms. The van der Waals surface area contributed by atoms with E-state index in [1.807, 2.05) is 6.07 Å². The van der Waals surface area contributed by atoms with Gasteiger partial charge in [-0.3, -0.25) is 4.79 Å². The van der Waals surface area contributed by atoms with Gasteiger partial charge in [-0.1, -0.05) is 0 Å². The Balaban J connectivity index is 2.88. The van der Waals surface area contributed by atoms with Crippen molar-refractivity contribution in [3.05, 3.63) is 23.8 Å². The molecule has 2 N–H and O–H groups in total. The molecule has 0 aliphatic heterocycles. The SMILES string of the molecule is COc1cc(C#N)cc(OCC(N)=O)c1. The number of primary amides is 1. The molecule has 0 aromatic heterocycles. The van der Waals surface area contributed by atoms with Crippen molar-refractivity contribution in [2.75, 3.05) is 13.7 Å². The number of rotatable bonds is 4. The lowest BCUT2D eigenvalue weighted by Crippen LogP contribution is -2.20. The van der Waals surface area contributed by atoms with Crippen LogP contribution in [-0.2, 0) is 4.79 Å². The third kappa shape index (κ3) is 3.19. The minimum Gasteiger partial charge on any atom is -0.497 e. The molecule has 78 valence electrons. The number of nitrogens with zero attached hydrogens (tertiary/aromatic N) is 1. The van der Waals surface area contributed by atoms with Crippen LogP contribution >= 0.6 is 0 Å². The van der Waals surface area contributed by atoms with Crippen molar-refractivity contribution >= 4 is 5.91 Å². The normalized spacial score (nSPS) is 9.07. The molecule has 0 fully saturated rings. The number of carbonyl (C=O) groups excluding carboxylic acids is 1. The van der Waals surface area contributed by atoms with E-state index in [9.17, 15) is 4.79 Å². The Morgan fingerprint density at radius 1 is 1.47 bits per heavy atom. The monoisotopic (exact) mass is 206 g/mol. The van der Waals surface area contributed by atoms with Crippen molar-refractivity contribution in [2.45, 2.75) is 0 Å². The summed E-state index contributed by atoms with van der Waals surface area (Å²) in [6, 6.07) is 6.60. The molecule has 1 amide bonds. The predicted octanol–water partition coefficient (Wildman–Crippen LogP) is 0.431. The van der Waals surface area contributed by atoms with Gasteiger partial charge in [-0.25, -0.2) is 0 Å². The fourth-order valence-corrected chi connectivity index (χ4v) is 0.992. The van der Waals surface area contributed by atoms with Crippen LogP contribution in [0, 0.1) is 11.3 Å². The molecule has 0 saturated heterocycles. The van der Waals surface area contributed by atoms with Crippen LogP contribution in [0.2, 0.25) is 0 Å². The van der Waals surface area contributed by atoms with Crippen LogP contribution in [-0.4, -0.2) is 19.6 Å². The van der Waals surface area contributed by atoms with Gasteiger partial charge < -0.3 is 15.2 Å². The Kier molecular flexibility index (Phi) is 3.52. The molecular weight excluding hydrogens is 196 g/mol. The molecule has 1 aromatic rings. The minimum atomic E-state index is -0.573. The zero-order valence-corrected chi connectivity index (χ0v) is 8.19. The molecule has 0 radical (unpaired) electrons. The van der Waals surface area contributed by atoms with Gasteiger partial charge in [0, 0.05) is 6.07 Å². The summed E-state index contributed by atoms with van der Waals surface area (Å²) in [7, 11) is 1.48. The zero-order valence-electron chi connectivity index (χ0n) is 8.19. The molecule has 0 atom stereocenters. The van der Waals surface area contributed by atoms with E-state index in [0.29, 0.717) is 17.1 Å². The minimum absolute atomic E-state index is 0.224. The molecule has 0 aliphatic carbocycles. The highest BCUT2D eigenvalue weighted by Crippen LogP contribution is 2.22. The first-order valence-electron chi connectivity index (χ1n) is 4.16. The van der Waals surface area contributed by atoms with Crippen LogP contribution in [0.15, 0.2) is 18.2 Å². The summed E-state index contributed by atoms with van der Waals surface area (Å²) in [6.07, 6.45) is 0. The van der Waals surface area contributed by atoms with Crippen molar-refractivity contribution in [3.8, 4) is 17.6 Å². The largest absolute Gasteiger partial charge is 0.497 e. The third-order valence-corrected chi connectivity index (χ3v) is 1.63. The number of methoxy groups -OCH3 is 1. The van der Waals surface area contributed by atoms with Crippen LogP contribution in [0.3, 0.4) is 0 Å². The summed E-state index contributed by atoms with van der Waals surface area (Å²) < 4.78 is 10.0. The molecule has 0 unspecified atom stereocenters. The van der Waals surface area contributed by atoms with E-state index in [1.54, 1.807) is 12.1 Å². The quantitative estimate of drug-likeness (QED) is 0.774. The highest BCUT2D eigenvalue weighted by molar-refractivity contribution is 5.75. The maximum absolute atomic E-state index is 10.5. The Morgan fingerprint density at radius 3 is 2.67 bits per heavy atom. The Bertz CT molecular complexity index is 410. The van der Waals surface area contributed by atoms with E-state index in [2.05, 4.69) is 0 Å². The van der Waals surface area contributed by atoms with Gasteiger partial charge in [0.2, 0.25) is 0 Å². The predicted molar refractivity (Wildman–Crippen MR) is 52.4 cm³/mol. The summed E-state index contributed by atoms with van der Waals surface area (Å²) in [5, 5.41) is 8.71. The topological polar surface area (TPSA) is 85.3 Å². The van der Waals surface area contributed by atoms with E-state index < -0.39 is 5.91 Å². The highest BCUT2D eigenvalue weighted by atomic mass is 16.5. The van der Waals surface area contributed by atoms with E-state index in [0.717, 1.165) is 0 Å². The van der Waals surface area contributed by atoms with E-state index in [-0.39, 0.29) is 6.61 Å². The molecule has 0 aliphatic rings. The fourth-order valence-electron chi connectivity index (χ4n) is 0.992. The van der Waals surface area contributed by atoms with Crippen molar-refractivity contribution in [3.63, 3.8) is 0 Å². The average Bonchev–Trinajstić information content (AvgIpc) is 2.25. The highest BCUT2D eigenvalue weighted by Gasteiger charge is 2.03. The lowest BCUT2D eigenvalue weighted by atomic mass is 10.2. The van der Waals surface area contributed by atoms with E-state index in [4.69, 9.17) is 20.5 Å². The molecule has 5 nitrogen and oxygen atoms in total. The molecular formula is C10H10N2O3. The first-order valence-corrected chi connectivity index (χ1v) is 4.16. The number of hydrogen-bond acceptors (Lipinski definition) is 4. The van der Waals surface area contributed by atoms with Gasteiger partial charge >= 0.3 is 0 Å². The number of nitrogens with two attached hydrogens (primary N) is 1. The van der Waals surface area contributed by atoms with Gasteiger partial charge in [-0.15, -0.1) is 0 Å². The Hall–Kier alpha value is -2.22. The molecule has 1 rings (SSSR count). The smallest absolute Gasteiger partial charge is 0.255 e. The molecule has 0 saturated carbocycles. The third-order valence-electron chi connectivity index (χ3n) is 1.63. The molecule has 5 heteroatoms. The summed E-state index contributed by atoms with van der Waals surface area (Å²) in [5.41, 5.74) is 5.32. The standard InChI is InChI=1S/C10H10N2O3/c1-14-8-2-7(5-11)3-9(4-8)15-6-10(12)13/h2-4H,6H2,1H3,(H2,12,13). The van der Waals surface area contributed by atoms with E-state index in [1.165, 1.54) is 13.2 Å². The number of amides is 1. The van der Waals surface area contributed by atoms with Crippen LogP contribution in [0.1, 0.15) is 5.56 Å². The number of nitriles is 1. The van der Waals surface area contributed by atoms with Gasteiger partial charge in [0.05, 0.1) is 18.7 Å². The van der Waals surface area contributed by atoms with Gasteiger partial charge in [-0.05, 0) is 12.1 Å². The maximum atomic E-state index is 10.5. The number of ether oxygens (including phenoxy) is 2. The van der Waals surface area contributed by atoms with E-state index >= 15 is 0 Å². The molecule has 0 spiro atoms. The number of hydrogen-bond donors (Lipinski definition) is 1. The average molecular weight is 206 g/mol. The number of carbonyl (C=O) groups is 1. The lowest BCUT2D eigenvalue weighted by Gasteiger charge is -2.06.